The summed E-state index contributed by atoms with van der Waals surface area (Å²) in [5.74, 6) is -0.368. The summed E-state index contributed by atoms with van der Waals surface area (Å²) in [6.45, 7) is 1.32. The van der Waals surface area contributed by atoms with E-state index < -0.39 is 0 Å². The van der Waals surface area contributed by atoms with Crippen LogP contribution in [0.1, 0.15) is 45.5 Å². The van der Waals surface area contributed by atoms with Crippen LogP contribution >= 0.6 is 0 Å². The number of fused-ring (bicyclic) bond motifs is 1. The highest BCUT2D eigenvalue weighted by Crippen LogP contribution is 2.32. The fraction of sp³-hybridized carbons (Fsp3) is 0.318. The summed E-state index contributed by atoms with van der Waals surface area (Å²) in [7, 11) is 1.36. The molecule has 0 saturated carbocycles. The van der Waals surface area contributed by atoms with Crippen molar-refractivity contribution in [2.45, 2.75) is 25.7 Å². The maximum Gasteiger partial charge on any atom is 0.338 e. The van der Waals surface area contributed by atoms with Gasteiger partial charge in [-0.3, -0.25) is 9.59 Å². The Kier molecular flexibility index (Phi) is 4.86. The summed E-state index contributed by atoms with van der Waals surface area (Å²) in [4.78, 5) is 40.6. The lowest BCUT2D eigenvalue weighted by Gasteiger charge is -2.30. The van der Waals surface area contributed by atoms with Gasteiger partial charge in [-0.05, 0) is 61.2 Å². The van der Waals surface area contributed by atoms with E-state index in [1.807, 2.05) is 18.2 Å². The van der Waals surface area contributed by atoms with E-state index in [1.54, 1.807) is 34.1 Å². The quantitative estimate of drug-likeness (QED) is 0.770. The second-order valence-electron chi connectivity index (χ2n) is 7.05. The van der Waals surface area contributed by atoms with Crippen LogP contribution in [0.4, 0.5) is 11.4 Å². The molecule has 1 fully saturated rings. The molecular formula is C22H22N2O4. The number of carbonyl (C=O) groups excluding carboxylic acids is 3. The molecule has 0 radical (unpaired) electrons. The van der Waals surface area contributed by atoms with Crippen molar-refractivity contribution in [3.63, 3.8) is 0 Å². The van der Waals surface area contributed by atoms with E-state index in [-0.39, 0.29) is 17.8 Å². The molecule has 2 heterocycles. The van der Waals surface area contributed by atoms with Crippen molar-refractivity contribution in [2.75, 3.05) is 30.0 Å². The first-order valence-electron chi connectivity index (χ1n) is 9.52. The lowest BCUT2D eigenvalue weighted by atomic mass is 9.95. The summed E-state index contributed by atoms with van der Waals surface area (Å²) in [5, 5.41) is 0. The van der Waals surface area contributed by atoms with Crippen molar-refractivity contribution in [1.29, 1.82) is 0 Å². The van der Waals surface area contributed by atoms with Crippen LogP contribution in [0.2, 0.25) is 0 Å². The molecule has 2 aromatic rings. The Bertz CT molecular complexity index is 936. The number of ether oxygens (including phenoxy) is 1. The van der Waals surface area contributed by atoms with Crippen molar-refractivity contribution in [1.82, 2.24) is 0 Å². The molecule has 2 aliphatic rings. The number of anilines is 2. The Morgan fingerprint density at radius 3 is 2.39 bits per heavy atom. The summed E-state index contributed by atoms with van der Waals surface area (Å²) in [6.07, 6.45) is 2.97. The molecule has 0 aromatic heterocycles. The van der Waals surface area contributed by atoms with Crippen LogP contribution in [0.15, 0.2) is 42.5 Å². The van der Waals surface area contributed by atoms with Crippen LogP contribution in [0, 0.1) is 0 Å². The Labute approximate surface area is 163 Å². The van der Waals surface area contributed by atoms with Gasteiger partial charge >= 0.3 is 5.97 Å². The van der Waals surface area contributed by atoms with Gasteiger partial charge in [0, 0.05) is 36.4 Å². The second kappa shape index (κ2) is 7.46. The maximum absolute atomic E-state index is 13.1. The van der Waals surface area contributed by atoms with Crippen molar-refractivity contribution in [3.05, 3.63) is 59.2 Å². The molecule has 6 nitrogen and oxygen atoms in total. The zero-order chi connectivity index (χ0) is 19.7. The minimum absolute atomic E-state index is 0.109. The first-order chi connectivity index (χ1) is 13.6. The molecule has 28 heavy (non-hydrogen) atoms. The van der Waals surface area contributed by atoms with Gasteiger partial charge in [-0.15, -0.1) is 0 Å². The zero-order valence-electron chi connectivity index (χ0n) is 15.8. The van der Waals surface area contributed by atoms with E-state index in [9.17, 15) is 14.4 Å². The van der Waals surface area contributed by atoms with Gasteiger partial charge in [0.2, 0.25) is 5.91 Å². The number of hydrogen-bond acceptors (Lipinski definition) is 4. The predicted octanol–water partition coefficient (Wildman–Crippen LogP) is 3.19. The van der Waals surface area contributed by atoms with Crippen LogP contribution in [0.5, 0.6) is 0 Å². The molecule has 0 unspecified atom stereocenters. The van der Waals surface area contributed by atoms with Gasteiger partial charge in [0.15, 0.2) is 0 Å². The van der Waals surface area contributed by atoms with Crippen LogP contribution in [0.25, 0.3) is 0 Å². The first-order valence-corrected chi connectivity index (χ1v) is 9.52. The Morgan fingerprint density at radius 2 is 1.71 bits per heavy atom. The number of nitrogens with zero attached hydrogens (tertiary/aromatic N) is 2. The monoisotopic (exact) mass is 378 g/mol. The normalized spacial score (nSPS) is 16.1. The van der Waals surface area contributed by atoms with Gasteiger partial charge in [-0.25, -0.2) is 4.79 Å². The van der Waals surface area contributed by atoms with Gasteiger partial charge in [0.05, 0.1) is 12.7 Å². The molecule has 0 spiro atoms. The number of rotatable bonds is 3. The van der Waals surface area contributed by atoms with E-state index in [4.69, 9.17) is 4.74 Å². The summed E-state index contributed by atoms with van der Waals surface area (Å²) in [6, 6.07) is 12.6. The van der Waals surface area contributed by atoms with Crippen molar-refractivity contribution >= 4 is 29.2 Å². The minimum Gasteiger partial charge on any atom is -0.465 e. The number of benzene rings is 2. The first kappa shape index (κ1) is 18.2. The minimum atomic E-state index is -0.384. The van der Waals surface area contributed by atoms with Gasteiger partial charge in [0.25, 0.3) is 5.91 Å². The third-order valence-corrected chi connectivity index (χ3v) is 5.40. The third-order valence-electron chi connectivity index (χ3n) is 5.40. The molecule has 0 aliphatic carbocycles. The molecule has 2 aromatic carbocycles. The Balaban J connectivity index is 1.61. The van der Waals surface area contributed by atoms with Crippen molar-refractivity contribution in [3.8, 4) is 0 Å². The topological polar surface area (TPSA) is 66.9 Å². The summed E-state index contributed by atoms with van der Waals surface area (Å²) >= 11 is 0. The molecule has 2 amide bonds. The van der Waals surface area contributed by atoms with Crippen molar-refractivity contribution < 1.29 is 19.1 Å². The molecule has 2 aliphatic heterocycles. The summed E-state index contributed by atoms with van der Waals surface area (Å²) < 4.78 is 4.88. The van der Waals surface area contributed by atoms with Gasteiger partial charge in [-0.1, -0.05) is 6.07 Å². The highest BCUT2D eigenvalue weighted by Gasteiger charge is 2.27. The Hall–Kier alpha value is -3.15. The molecular weight excluding hydrogens is 356 g/mol. The predicted molar refractivity (Wildman–Crippen MR) is 106 cm³/mol. The number of esters is 1. The average molecular weight is 378 g/mol. The van der Waals surface area contributed by atoms with E-state index in [1.165, 1.54) is 7.11 Å². The SMILES string of the molecule is COC(=O)c1cccc2c1CCCN2C(=O)c1ccc(N2CCCC2=O)cc1. The van der Waals surface area contributed by atoms with Crippen LogP contribution < -0.4 is 9.80 Å². The van der Waals surface area contributed by atoms with E-state index >= 15 is 0 Å². The lowest BCUT2D eigenvalue weighted by molar-refractivity contribution is -0.117. The number of methoxy groups -OCH3 is 1. The van der Waals surface area contributed by atoms with Gasteiger partial charge in [0.1, 0.15) is 0 Å². The highest BCUT2D eigenvalue weighted by molar-refractivity contribution is 6.08. The smallest absolute Gasteiger partial charge is 0.338 e. The fourth-order valence-electron chi connectivity index (χ4n) is 4.00. The average Bonchev–Trinajstić information content (AvgIpc) is 3.17. The molecule has 0 bridgehead atoms. The largest absolute Gasteiger partial charge is 0.465 e. The molecule has 4 rings (SSSR count). The molecule has 1 saturated heterocycles. The number of hydrogen-bond donors (Lipinski definition) is 0. The van der Waals surface area contributed by atoms with Crippen molar-refractivity contribution in [2.24, 2.45) is 0 Å². The maximum atomic E-state index is 13.1. The van der Waals surface area contributed by atoms with E-state index in [0.29, 0.717) is 24.1 Å². The lowest BCUT2D eigenvalue weighted by Crippen LogP contribution is -2.36. The van der Waals surface area contributed by atoms with Crippen LogP contribution in [-0.2, 0) is 16.0 Å². The Morgan fingerprint density at radius 1 is 0.964 bits per heavy atom. The zero-order valence-corrected chi connectivity index (χ0v) is 15.8. The second-order valence-corrected chi connectivity index (χ2v) is 7.05. The van der Waals surface area contributed by atoms with E-state index in [0.717, 1.165) is 42.7 Å². The molecule has 144 valence electrons. The highest BCUT2D eigenvalue weighted by atomic mass is 16.5. The molecule has 0 N–H and O–H groups in total. The van der Waals surface area contributed by atoms with Crippen LogP contribution in [0.3, 0.4) is 0 Å². The standard InChI is InChI=1S/C22H22N2O4/c1-28-22(27)18-5-2-7-19-17(18)6-3-14-24(19)21(26)15-9-11-16(12-10-15)23-13-4-8-20(23)25/h2,5,7,9-12H,3-4,6,8,13-14H2,1H3. The third kappa shape index (κ3) is 3.15. The summed E-state index contributed by atoms with van der Waals surface area (Å²) in [5.41, 5.74) is 3.52. The molecule has 0 atom stereocenters. The van der Waals surface area contributed by atoms with Gasteiger partial charge < -0.3 is 14.5 Å². The fourth-order valence-corrected chi connectivity index (χ4v) is 4.00. The van der Waals surface area contributed by atoms with Gasteiger partial charge in [-0.2, -0.15) is 0 Å². The number of carbonyl (C=O) groups is 3. The number of amides is 2. The molecule has 6 heteroatoms. The van der Waals surface area contributed by atoms with Crippen LogP contribution in [-0.4, -0.2) is 38.0 Å². The van der Waals surface area contributed by atoms with E-state index in [2.05, 4.69) is 0 Å².